The number of hydrogen-bond donors (Lipinski definition) is 1. The third-order valence-electron chi connectivity index (χ3n) is 4.12. The topological polar surface area (TPSA) is 56.2 Å². The van der Waals surface area contributed by atoms with Gasteiger partial charge in [0, 0.05) is 12.6 Å². The van der Waals surface area contributed by atoms with Gasteiger partial charge in [-0.1, -0.05) is 48.5 Å². The van der Waals surface area contributed by atoms with E-state index in [1.165, 1.54) is 5.56 Å². The highest BCUT2D eigenvalue weighted by atomic mass is 16.5. The number of hydrogen-bond acceptors (Lipinski definition) is 3. The van der Waals surface area contributed by atoms with Crippen LogP contribution in [0.1, 0.15) is 31.9 Å². The average molecular weight is 363 g/mol. The van der Waals surface area contributed by atoms with Gasteiger partial charge in [-0.05, 0) is 38.0 Å². The molecule has 5 heteroatoms. The Morgan fingerprint density at radius 3 is 2.48 bits per heavy atom. The van der Waals surface area contributed by atoms with E-state index >= 15 is 0 Å². The van der Waals surface area contributed by atoms with E-state index in [0.717, 1.165) is 17.7 Å². The van der Waals surface area contributed by atoms with Gasteiger partial charge in [-0.3, -0.25) is 9.48 Å². The van der Waals surface area contributed by atoms with Crippen LogP contribution < -0.4 is 10.1 Å². The highest BCUT2D eigenvalue weighted by molar-refractivity contribution is 5.91. The Balaban J connectivity index is 1.60. The van der Waals surface area contributed by atoms with Crippen LogP contribution in [0, 0.1) is 0 Å². The highest BCUT2D eigenvalue weighted by Crippen LogP contribution is 2.21. The Hall–Kier alpha value is -3.08. The van der Waals surface area contributed by atoms with Crippen molar-refractivity contribution in [2.24, 2.45) is 0 Å². The number of nitrogens with one attached hydrogen (secondary N) is 1. The second-order valence-electron chi connectivity index (χ2n) is 7.45. The maximum atomic E-state index is 12.2. The van der Waals surface area contributed by atoms with Gasteiger partial charge in [-0.15, -0.1) is 0 Å². The standard InChI is InChI=1S/C22H25N3O2/c1-22(2,3)25-15-19(14-23-25)24-21(26)16-27-20-12-8-7-11-18(20)13-17-9-5-4-6-10-17/h4-12,14-15H,13,16H2,1-3H3,(H,24,26). The van der Waals surface area contributed by atoms with Crippen LogP contribution in [0.2, 0.25) is 0 Å². The quantitative estimate of drug-likeness (QED) is 0.712. The van der Waals surface area contributed by atoms with E-state index in [2.05, 4.69) is 43.3 Å². The van der Waals surface area contributed by atoms with Crippen LogP contribution in [0.3, 0.4) is 0 Å². The zero-order chi connectivity index (χ0) is 19.3. The largest absolute Gasteiger partial charge is 0.483 e. The highest BCUT2D eigenvalue weighted by Gasteiger charge is 2.15. The molecule has 0 unspecified atom stereocenters. The molecule has 0 spiro atoms. The molecule has 0 atom stereocenters. The lowest BCUT2D eigenvalue weighted by Gasteiger charge is -2.18. The van der Waals surface area contributed by atoms with Gasteiger partial charge in [0.2, 0.25) is 0 Å². The first-order valence-corrected chi connectivity index (χ1v) is 9.01. The minimum absolute atomic E-state index is 0.0491. The van der Waals surface area contributed by atoms with Gasteiger partial charge in [0.15, 0.2) is 6.61 Å². The Morgan fingerprint density at radius 1 is 1.07 bits per heavy atom. The molecular weight excluding hydrogens is 338 g/mol. The zero-order valence-corrected chi connectivity index (χ0v) is 16.0. The molecular formula is C22H25N3O2. The molecule has 0 radical (unpaired) electrons. The van der Waals surface area contributed by atoms with Crippen molar-refractivity contribution in [2.75, 3.05) is 11.9 Å². The van der Waals surface area contributed by atoms with Crippen molar-refractivity contribution in [1.29, 1.82) is 0 Å². The normalized spacial score (nSPS) is 11.2. The lowest BCUT2D eigenvalue weighted by molar-refractivity contribution is -0.118. The van der Waals surface area contributed by atoms with Gasteiger partial charge in [0.05, 0.1) is 17.4 Å². The van der Waals surface area contributed by atoms with Gasteiger partial charge < -0.3 is 10.1 Å². The van der Waals surface area contributed by atoms with Crippen molar-refractivity contribution in [3.63, 3.8) is 0 Å². The summed E-state index contributed by atoms with van der Waals surface area (Å²) in [5, 5.41) is 7.11. The second kappa shape index (κ2) is 8.08. The van der Waals surface area contributed by atoms with Crippen LogP contribution in [0.15, 0.2) is 67.0 Å². The van der Waals surface area contributed by atoms with E-state index in [1.54, 1.807) is 6.20 Å². The molecule has 5 nitrogen and oxygen atoms in total. The second-order valence-corrected chi connectivity index (χ2v) is 7.45. The smallest absolute Gasteiger partial charge is 0.262 e. The summed E-state index contributed by atoms with van der Waals surface area (Å²) in [5.74, 6) is 0.514. The first-order chi connectivity index (χ1) is 12.9. The molecule has 0 aliphatic carbocycles. The van der Waals surface area contributed by atoms with Crippen LogP contribution in [0.4, 0.5) is 5.69 Å². The number of carbonyl (C=O) groups excluding carboxylic acids is 1. The summed E-state index contributed by atoms with van der Waals surface area (Å²) in [6.45, 7) is 6.11. The number of carbonyl (C=O) groups is 1. The number of amides is 1. The third-order valence-corrected chi connectivity index (χ3v) is 4.12. The van der Waals surface area contributed by atoms with E-state index in [0.29, 0.717) is 5.69 Å². The molecule has 1 aromatic heterocycles. The lowest BCUT2D eigenvalue weighted by atomic mass is 10.0. The lowest BCUT2D eigenvalue weighted by Crippen LogP contribution is -2.22. The van der Waals surface area contributed by atoms with E-state index in [-0.39, 0.29) is 18.1 Å². The van der Waals surface area contributed by atoms with Crippen molar-refractivity contribution in [3.8, 4) is 5.75 Å². The van der Waals surface area contributed by atoms with Crippen LogP contribution in [-0.2, 0) is 16.8 Å². The third kappa shape index (κ3) is 5.20. The Labute approximate surface area is 160 Å². The molecule has 1 N–H and O–H groups in total. The van der Waals surface area contributed by atoms with Crippen molar-refractivity contribution in [2.45, 2.75) is 32.7 Å². The van der Waals surface area contributed by atoms with E-state index in [1.807, 2.05) is 53.3 Å². The first kappa shape index (κ1) is 18.7. The van der Waals surface area contributed by atoms with Crippen LogP contribution in [-0.4, -0.2) is 22.3 Å². The zero-order valence-electron chi connectivity index (χ0n) is 16.0. The maximum Gasteiger partial charge on any atom is 0.262 e. The summed E-state index contributed by atoms with van der Waals surface area (Å²) >= 11 is 0. The van der Waals surface area contributed by atoms with Crippen molar-refractivity contribution < 1.29 is 9.53 Å². The minimum atomic E-state index is -0.210. The van der Waals surface area contributed by atoms with Crippen LogP contribution in [0.25, 0.3) is 0 Å². The number of nitrogens with zero attached hydrogens (tertiary/aromatic N) is 2. The molecule has 1 heterocycles. The summed E-state index contributed by atoms with van der Waals surface area (Å²) in [7, 11) is 0. The van der Waals surface area contributed by atoms with Gasteiger partial charge in [-0.25, -0.2) is 0 Å². The summed E-state index contributed by atoms with van der Waals surface area (Å²) in [6, 6.07) is 18.0. The molecule has 0 bridgehead atoms. The summed E-state index contributed by atoms with van der Waals surface area (Å²) in [6.07, 6.45) is 4.23. The number of ether oxygens (including phenoxy) is 1. The SMILES string of the molecule is CC(C)(C)n1cc(NC(=O)COc2ccccc2Cc2ccccc2)cn1. The van der Waals surface area contributed by atoms with E-state index in [9.17, 15) is 4.79 Å². The summed E-state index contributed by atoms with van der Waals surface area (Å²) in [4.78, 5) is 12.2. The molecule has 1 amide bonds. The van der Waals surface area contributed by atoms with Crippen molar-refractivity contribution >= 4 is 11.6 Å². The molecule has 27 heavy (non-hydrogen) atoms. The van der Waals surface area contributed by atoms with Gasteiger partial charge >= 0.3 is 0 Å². The van der Waals surface area contributed by atoms with Crippen molar-refractivity contribution in [3.05, 3.63) is 78.1 Å². The van der Waals surface area contributed by atoms with Crippen LogP contribution in [0.5, 0.6) is 5.75 Å². The van der Waals surface area contributed by atoms with Crippen molar-refractivity contribution in [1.82, 2.24) is 9.78 Å². The molecule has 3 aromatic rings. The van der Waals surface area contributed by atoms with Gasteiger partial charge in [0.1, 0.15) is 5.75 Å². The number of anilines is 1. The van der Waals surface area contributed by atoms with E-state index in [4.69, 9.17) is 4.74 Å². The number of aromatic nitrogens is 2. The van der Waals surface area contributed by atoms with Gasteiger partial charge in [-0.2, -0.15) is 5.10 Å². The molecule has 0 aliphatic rings. The van der Waals surface area contributed by atoms with Gasteiger partial charge in [0.25, 0.3) is 5.91 Å². The monoisotopic (exact) mass is 363 g/mol. The number of para-hydroxylation sites is 1. The predicted octanol–water partition coefficient (Wildman–Crippen LogP) is 4.25. The fraction of sp³-hybridized carbons (Fsp3) is 0.273. The molecule has 140 valence electrons. The van der Waals surface area contributed by atoms with Crippen LogP contribution >= 0.6 is 0 Å². The Morgan fingerprint density at radius 2 is 1.78 bits per heavy atom. The number of benzene rings is 2. The molecule has 0 aliphatic heterocycles. The fourth-order valence-corrected chi connectivity index (χ4v) is 2.70. The summed E-state index contributed by atoms with van der Waals surface area (Å²) < 4.78 is 7.60. The first-order valence-electron chi connectivity index (χ1n) is 9.01. The molecule has 3 rings (SSSR count). The molecule has 2 aromatic carbocycles. The predicted molar refractivity (Wildman–Crippen MR) is 107 cm³/mol. The Bertz CT molecular complexity index is 895. The molecule has 0 saturated carbocycles. The molecule has 0 fully saturated rings. The van der Waals surface area contributed by atoms with E-state index < -0.39 is 0 Å². The number of rotatable bonds is 6. The minimum Gasteiger partial charge on any atom is -0.483 e. The maximum absolute atomic E-state index is 12.2. The molecule has 0 saturated heterocycles. The average Bonchev–Trinajstić information content (AvgIpc) is 3.11. The fourth-order valence-electron chi connectivity index (χ4n) is 2.70. The Kier molecular flexibility index (Phi) is 5.60. The summed E-state index contributed by atoms with van der Waals surface area (Å²) in [5.41, 5.74) is 2.79.